The maximum atomic E-state index is 12.5. The highest BCUT2D eigenvalue weighted by Gasteiger charge is 2.13. The second kappa shape index (κ2) is 10.7. The molecule has 0 aliphatic carbocycles. The second-order valence-electron chi connectivity index (χ2n) is 6.44. The number of nitrogens with zero attached hydrogens (tertiary/aromatic N) is 2. The van der Waals surface area contributed by atoms with Crippen LogP contribution in [0.1, 0.15) is 48.5 Å². The molecule has 0 spiro atoms. The summed E-state index contributed by atoms with van der Waals surface area (Å²) in [6.45, 7) is 4.86. The minimum Gasteiger partial charge on any atom is -0.494 e. The molecule has 0 aliphatic rings. The number of rotatable bonds is 10. The molecule has 1 heterocycles. The highest BCUT2D eigenvalue weighted by molar-refractivity contribution is 7.99. The average Bonchev–Trinajstić information content (AvgIpc) is 3.17. The van der Waals surface area contributed by atoms with Gasteiger partial charge < -0.3 is 9.15 Å². The Kier molecular flexibility index (Phi) is 7.69. The summed E-state index contributed by atoms with van der Waals surface area (Å²) < 4.78 is 11.2. The number of hydrogen-bond acceptors (Lipinski definition) is 6. The lowest BCUT2D eigenvalue weighted by Crippen LogP contribution is -2.12. The topological polar surface area (TPSA) is 77.2 Å². The molecule has 152 valence electrons. The number of amides is 1. The van der Waals surface area contributed by atoms with Gasteiger partial charge in [-0.25, -0.2) is 0 Å². The first-order chi connectivity index (χ1) is 14.2. The van der Waals surface area contributed by atoms with Gasteiger partial charge in [0, 0.05) is 10.5 Å². The highest BCUT2D eigenvalue weighted by Crippen LogP contribution is 2.20. The maximum Gasteiger partial charge on any atom is 0.322 e. The van der Waals surface area contributed by atoms with E-state index in [9.17, 15) is 4.79 Å². The number of hydrogen-bond donors (Lipinski definition) is 1. The lowest BCUT2D eigenvalue weighted by molar-refractivity contribution is 0.102. The summed E-state index contributed by atoms with van der Waals surface area (Å²) >= 11 is 1.80. The molecule has 0 unspecified atom stereocenters. The fourth-order valence-electron chi connectivity index (χ4n) is 2.65. The van der Waals surface area contributed by atoms with Crippen molar-refractivity contribution in [3.05, 3.63) is 65.5 Å². The number of ether oxygens (including phenoxy) is 1. The van der Waals surface area contributed by atoms with E-state index in [4.69, 9.17) is 9.15 Å². The van der Waals surface area contributed by atoms with E-state index in [0.29, 0.717) is 30.2 Å². The largest absolute Gasteiger partial charge is 0.494 e. The van der Waals surface area contributed by atoms with Gasteiger partial charge in [0.25, 0.3) is 5.91 Å². The maximum absolute atomic E-state index is 12.5. The normalized spacial score (nSPS) is 10.7. The third-order valence-corrected chi connectivity index (χ3v) is 5.03. The van der Waals surface area contributed by atoms with Crippen LogP contribution in [-0.4, -0.2) is 28.5 Å². The van der Waals surface area contributed by atoms with Crippen LogP contribution in [0.3, 0.4) is 0 Å². The molecule has 1 amide bonds. The molecule has 0 bridgehead atoms. The van der Waals surface area contributed by atoms with Crippen molar-refractivity contribution >= 4 is 23.7 Å². The molecule has 7 heteroatoms. The van der Waals surface area contributed by atoms with Crippen LogP contribution < -0.4 is 10.1 Å². The van der Waals surface area contributed by atoms with Crippen molar-refractivity contribution in [3.63, 3.8) is 0 Å². The Morgan fingerprint density at radius 2 is 1.97 bits per heavy atom. The zero-order valence-corrected chi connectivity index (χ0v) is 17.5. The zero-order chi connectivity index (χ0) is 20.5. The monoisotopic (exact) mass is 411 g/mol. The van der Waals surface area contributed by atoms with Gasteiger partial charge in [-0.05, 0) is 48.1 Å². The lowest BCUT2D eigenvalue weighted by Gasteiger charge is -2.07. The molecule has 0 atom stereocenters. The van der Waals surface area contributed by atoms with Crippen LogP contribution in [0.2, 0.25) is 0 Å². The molecular formula is C22H25N3O3S. The number of nitrogens with one attached hydrogen (secondary N) is 1. The van der Waals surface area contributed by atoms with Crippen LogP contribution >= 0.6 is 11.8 Å². The number of aromatic nitrogens is 2. The van der Waals surface area contributed by atoms with Crippen LogP contribution in [-0.2, 0) is 6.42 Å². The average molecular weight is 412 g/mol. The van der Waals surface area contributed by atoms with Gasteiger partial charge in [0.2, 0.25) is 5.89 Å². The quantitative estimate of drug-likeness (QED) is 0.365. The first-order valence-corrected chi connectivity index (χ1v) is 10.7. The third-order valence-electron chi connectivity index (χ3n) is 4.14. The van der Waals surface area contributed by atoms with Crippen LogP contribution in [0.5, 0.6) is 5.75 Å². The van der Waals surface area contributed by atoms with Gasteiger partial charge in [-0.15, -0.1) is 16.9 Å². The minimum atomic E-state index is -0.318. The standard InChI is InChI=1S/C22H25N3O3S/c1-3-5-13-27-18-8-6-7-17(15-18)21(26)23-22-25-24-20(28-22)14-16-9-11-19(12-10-16)29-4-2/h6-12,15H,3-5,13-14H2,1-2H3,(H,23,25,26). The minimum absolute atomic E-state index is 0.0838. The number of thioether (sulfide) groups is 1. The predicted octanol–water partition coefficient (Wildman–Crippen LogP) is 5.20. The highest BCUT2D eigenvalue weighted by atomic mass is 32.2. The van der Waals surface area contributed by atoms with Gasteiger partial charge in [0.15, 0.2) is 0 Å². The molecule has 0 aliphatic heterocycles. The Labute approximate surface area is 175 Å². The Morgan fingerprint density at radius 1 is 1.14 bits per heavy atom. The van der Waals surface area contributed by atoms with E-state index in [1.165, 1.54) is 4.90 Å². The first-order valence-electron chi connectivity index (χ1n) is 9.76. The molecule has 6 nitrogen and oxygen atoms in total. The van der Waals surface area contributed by atoms with Crippen molar-refractivity contribution in [2.24, 2.45) is 0 Å². The number of benzene rings is 2. The van der Waals surface area contributed by atoms with Crippen LogP contribution in [0, 0.1) is 0 Å². The molecule has 1 N–H and O–H groups in total. The Morgan fingerprint density at radius 3 is 2.72 bits per heavy atom. The number of anilines is 1. The van der Waals surface area contributed by atoms with Crippen molar-refractivity contribution in [1.82, 2.24) is 10.2 Å². The second-order valence-corrected chi connectivity index (χ2v) is 7.78. The molecule has 1 aromatic heterocycles. The first kappa shape index (κ1) is 20.9. The molecule has 3 rings (SSSR count). The number of carbonyl (C=O) groups excluding carboxylic acids is 1. The zero-order valence-electron chi connectivity index (χ0n) is 16.7. The van der Waals surface area contributed by atoms with Gasteiger partial charge in [0.05, 0.1) is 13.0 Å². The van der Waals surface area contributed by atoms with E-state index in [0.717, 1.165) is 24.2 Å². The Hall–Kier alpha value is -2.80. The van der Waals surface area contributed by atoms with E-state index >= 15 is 0 Å². The molecule has 0 radical (unpaired) electrons. The molecule has 0 saturated heterocycles. The van der Waals surface area contributed by atoms with Gasteiger partial charge in [-0.3, -0.25) is 10.1 Å². The molecule has 2 aromatic carbocycles. The van der Waals surface area contributed by atoms with Crippen molar-refractivity contribution in [2.75, 3.05) is 17.7 Å². The third kappa shape index (κ3) is 6.35. The molecule has 3 aromatic rings. The summed E-state index contributed by atoms with van der Waals surface area (Å²) in [4.78, 5) is 13.7. The van der Waals surface area contributed by atoms with E-state index in [-0.39, 0.29) is 11.9 Å². The molecule has 0 saturated carbocycles. The predicted molar refractivity (Wildman–Crippen MR) is 115 cm³/mol. The van der Waals surface area contributed by atoms with Crippen molar-refractivity contribution in [2.45, 2.75) is 38.0 Å². The summed E-state index contributed by atoms with van der Waals surface area (Å²) in [6, 6.07) is 15.4. The lowest BCUT2D eigenvalue weighted by atomic mass is 10.1. The van der Waals surface area contributed by atoms with Gasteiger partial charge >= 0.3 is 6.01 Å². The summed E-state index contributed by atoms with van der Waals surface area (Å²) in [6.07, 6.45) is 2.55. The summed E-state index contributed by atoms with van der Waals surface area (Å²) in [5.41, 5.74) is 1.55. The SMILES string of the molecule is CCCCOc1cccc(C(=O)Nc2nnc(Cc3ccc(SCC)cc3)o2)c1. The molecular weight excluding hydrogens is 386 g/mol. The summed E-state index contributed by atoms with van der Waals surface area (Å²) in [5.74, 6) is 1.84. The van der Waals surface area contributed by atoms with E-state index in [1.807, 2.05) is 18.2 Å². The Balaban J connectivity index is 1.58. The van der Waals surface area contributed by atoms with Gasteiger partial charge in [-0.1, -0.05) is 43.6 Å². The van der Waals surface area contributed by atoms with Crippen LogP contribution in [0.15, 0.2) is 57.8 Å². The number of unbranched alkanes of at least 4 members (excludes halogenated alkanes) is 1. The van der Waals surface area contributed by atoms with Gasteiger partial charge in [-0.2, -0.15) is 0 Å². The molecule has 29 heavy (non-hydrogen) atoms. The number of carbonyl (C=O) groups is 1. The van der Waals surface area contributed by atoms with Crippen molar-refractivity contribution in [1.29, 1.82) is 0 Å². The van der Waals surface area contributed by atoms with E-state index < -0.39 is 0 Å². The van der Waals surface area contributed by atoms with Crippen molar-refractivity contribution in [3.8, 4) is 5.75 Å². The van der Waals surface area contributed by atoms with E-state index in [2.05, 4.69) is 41.5 Å². The van der Waals surface area contributed by atoms with Gasteiger partial charge in [0.1, 0.15) is 5.75 Å². The fraction of sp³-hybridized carbons (Fsp3) is 0.318. The van der Waals surface area contributed by atoms with Crippen LogP contribution in [0.4, 0.5) is 6.01 Å². The fourth-order valence-corrected chi connectivity index (χ4v) is 3.31. The van der Waals surface area contributed by atoms with Crippen molar-refractivity contribution < 1.29 is 13.9 Å². The van der Waals surface area contributed by atoms with E-state index in [1.54, 1.807) is 30.0 Å². The smallest absolute Gasteiger partial charge is 0.322 e. The summed E-state index contributed by atoms with van der Waals surface area (Å²) in [5, 5.41) is 10.6. The Bertz CT molecular complexity index is 925. The van der Waals surface area contributed by atoms with Crippen LogP contribution in [0.25, 0.3) is 0 Å². The summed E-state index contributed by atoms with van der Waals surface area (Å²) in [7, 11) is 0. The molecule has 0 fully saturated rings.